The molecule has 1 aliphatic rings. The normalized spacial score (nSPS) is 24.2. The lowest BCUT2D eigenvalue weighted by molar-refractivity contribution is 0.273. The number of hydrogen-bond acceptors (Lipinski definition) is 3. The summed E-state index contributed by atoms with van der Waals surface area (Å²) >= 11 is 0. The molecule has 2 aromatic rings. The quantitative estimate of drug-likeness (QED) is 0.904. The number of anilines is 1. The molecule has 0 unspecified atom stereocenters. The second-order valence-electron chi connectivity index (χ2n) is 5.80. The average Bonchev–Trinajstić information content (AvgIpc) is 2.88. The number of rotatable bonds is 2. The minimum Gasteiger partial charge on any atom is -0.369 e. The van der Waals surface area contributed by atoms with Crippen LogP contribution >= 0.6 is 0 Å². The van der Waals surface area contributed by atoms with E-state index in [1.807, 2.05) is 18.7 Å². The second-order valence-corrected chi connectivity index (χ2v) is 5.80. The Morgan fingerprint density at radius 3 is 2.58 bits per heavy atom. The molecule has 0 atom stereocenters. The molecule has 0 radical (unpaired) electrons. The number of nitrogen functional groups attached to an aromatic ring is 1. The third kappa shape index (κ3) is 1.91. The van der Waals surface area contributed by atoms with Gasteiger partial charge in [0.2, 0.25) is 5.95 Å². The molecule has 2 aromatic heterocycles. The van der Waals surface area contributed by atoms with Crippen LogP contribution in [0.4, 0.5) is 5.95 Å². The Morgan fingerprint density at radius 1 is 1.26 bits per heavy atom. The summed E-state index contributed by atoms with van der Waals surface area (Å²) in [6, 6.07) is 0.489. The lowest BCUT2D eigenvalue weighted by Crippen LogP contribution is -2.20. The number of aryl methyl sites for hydroxylation is 2. The van der Waals surface area contributed by atoms with Gasteiger partial charge in [0.15, 0.2) is 5.65 Å². The summed E-state index contributed by atoms with van der Waals surface area (Å²) in [5.74, 6) is 1.54. The van der Waals surface area contributed by atoms with Crippen LogP contribution in [-0.4, -0.2) is 19.3 Å². The molecule has 2 heterocycles. The molecular weight excluding hydrogens is 238 g/mol. The molecule has 3 rings (SSSR count). The highest BCUT2D eigenvalue weighted by atomic mass is 15.4. The zero-order valence-electron chi connectivity index (χ0n) is 12.1. The van der Waals surface area contributed by atoms with Crippen LogP contribution in [0.15, 0.2) is 0 Å². The van der Waals surface area contributed by atoms with Gasteiger partial charge >= 0.3 is 0 Å². The summed E-state index contributed by atoms with van der Waals surface area (Å²) in [7, 11) is 1.98. The summed E-state index contributed by atoms with van der Waals surface area (Å²) < 4.78 is 4.13. The van der Waals surface area contributed by atoms with Gasteiger partial charge in [0.1, 0.15) is 5.52 Å². The first kappa shape index (κ1) is 12.5. The van der Waals surface area contributed by atoms with Crippen molar-refractivity contribution >= 4 is 17.1 Å². The molecule has 0 bridgehead atoms. The number of fused-ring (bicyclic) bond motifs is 1. The van der Waals surface area contributed by atoms with Crippen molar-refractivity contribution < 1.29 is 0 Å². The molecule has 1 fully saturated rings. The summed E-state index contributed by atoms with van der Waals surface area (Å²) in [6.07, 6.45) is 6.32. The van der Waals surface area contributed by atoms with Gasteiger partial charge in [0.25, 0.3) is 0 Å². The maximum Gasteiger partial charge on any atom is 0.202 e. The van der Waals surface area contributed by atoms with E-state index in [1.165, 1.54) is 32.1 Å². The van der Waals surface area contributed by atoms with Crippen molar-refractivity contribution in [3.63, 3.8) is 0 Å². The fraction of sp³-hybridized carbons (Fsp3) is 0.714. The molecule has 1 saturated carbocycles. The minimum absolute atomic E-state index is 0.489. The number of imidazole rings is 1. The van der Waals surface area contributed by atoms with E-state index in [-0.39, 0.29) is 0 Å². The Balaban J connectivity index is 1.99. The van der Waals surface area contributed by atoms with Crippen molar-refractivity contribution in [3.05, 3.63) is 5.69 Å². The van der Waals surface area contributed by atoms with Gasteiger partial charge in [-0.1, -0.05) is 13.3 Å². The lowest BCUT2D eigenvalue weighted by Gasteiger charge is -2.29. The van der Waals surface area contributed by atoms with E-state index in [0.717, 1.165) is 22.8 Å². The Morgan fingerprint density at radius 2 is 1.95 bits per heavy atom. The van der Waals surface area contributed by atoms with E-state index in [4.69, 9.17) is 5.73 Å². The monoisotopic (exact) mass is 261 g/mol. The van der Waals surface area contributed by atoms with Crippen LogP contribution in [-0.2, 0) is 7.05 Å². The van der Waals surface area contributed by atoms with Gasteiger partial charge in [-0.15, -0.1) is 0 Å². The smallest absolute Gasteiger partial charge is 0.202 e. The number of hydrogen-bond donors (Lipinski definition) is 1. The molecule has 0 saturated heterocycles. The predicted molar refractivity (Wildman–Crippen MR) is 76.9 cm³/mol. The van der Waals surface area contributed by atoms with Crippen LogP contribution in [0.3, 0.4) is 0 Å². The van der Waals surface area contributed by atoms with E-state index < -0.39 is 0 Å². The van der Waals surface area contributed by atoms with Crippen LogP contribution in [0.5, 0.6) is 0 Å². The average molecular weight is 261 g/mol. The summed E-state index contributed by atoms with van der Waals surface area (Å²) in [6.45, 7) is 4.28. The zero-order valence-corrected chi connectivity index (χ0v) is 12.1. The molecule has 0 amide bonds. The van der Waals surface area contributed by atoms with Crippen LogP contribution in [0.2, 0.25) is 0 Å². The van der Waals surface area contributed by atoms with Crippen LogP contribution in [0.25, 0.3) is 11.2 Å². The number of aromatic nitrogens is 4. The lowest BCUT2D eigenvalue weighted by atomic mass is 9.84. The van der Waals surface area contributed by atoms with Gasteiger partial charge < -0.3 is 5.73 Å². The van der Waals surface area contributed by atoms with Crippen LogP contribution in [0.1, 0.15) is 50.8 Å². The predicted octanol–water partition coefficient (Wildman–Crippen LogP) is 2.80. The van der Waals surface area contributed by atoms with Gasteiger partial charge in [0, 0.05) is 13.1 Å². The highest BCUT2D eigenvalue weighted by Crippen LogP contribution is 2.37. The molecule has 2 N–H and O–H groups in total. The van der Waals surface area contributed by atoms with Gasteiger partial charge in [-0.3, -0.25) is 9.25 Å². The molecule has 0 spiro atoms. The third-order valence-electron chi connectivity index (χ3n) is 4.62. The Labute approximate surface area is 113 Å². The SMILES string of the molecule is CCC1CCC(n2c(N)nc3c(C)nn(C)c32)CC1. The largest absolute Gasteiger partial charge is 0.369 e. The van der Waals surface area contributed by atoms with Crippen molar-refractivity contribution in [1.29, 1.82) is 0 Å². The van der Waals surface area contributed by atoms with E-state index in [0.29, 0.717) is 12.0 Å². The maximum absolute atomic E-state index is 6.14. The standard InChI is InChI=1S/C14H23N5/c1-4-10-5-7-11(8-6-10)19-13-12(16-14(19)15)9(2)17-18(13)3/h10-11H,4-8H2,1-3H3,(H2,15,16). The maximum atomic E-state index is 6.14. The first-order valence-corrected chi connectivity index (χ1v) is 7.28. The molecule has 19 heavy (non-hydrogen) atoms. The van der Waals surface area contributed by atoms with Crippen molar-refractivity contribution in [2.45, 2.75) is 52.0 Å². The van der Waals surface area contributed by atoms with Crippen LogP contribution < -0.4 is 5.73 Å². The van der Waals surface area contributed by atoms with Crippen molar-refractivity contribution in [2.24, 2.45) is 13.0 Å². The third-order valence-corrected chi connectivity index (χ3v) is 4.62. The minimum atomic E-state index is 0.489. The number of nitrogens with two attached hydrogens (primary N) is 1. The van der Waals surface area contributed by atoms with E-state index in [9.17, 15) is 0 Å². The first-order valence-electron chi connectivity index (χ1n) is 7.28. The Bertz CT molecular complexity index is 587. The highest BCUT2D eigenvalue weighted by Gasteiger charge is 2.26. The van der Waals surface area contributed by atoms with E-state index in [2.05, 4.69) is 21.6 Å². The second kappa shape index (κ2) is 4.54. The molecule has 104 valence electrons. The molecule has 5 heteroatoms. The zero-order chi connectivity index (χ0) is 13.6. The summed E-state index contributed by atoms with van der Waals surface area (Å²) in [5.41, 5.74) is 9.14. The van der Waals surface area contributed by atoms with Crippen molar-refractivity contribution in [3.8, 4) is 0 Å². The highest BCUT2D eigenvalue weighted by molar-refractivity contribution is 5.77. The van der Waals surface area contributed by atoms with Crippen molar-refractivity contribution in [1.82, 2.24) is 19.3 Å². The fourth-order valence-corrected chi connectivity index (χ4v) is 3.48. The van der Waals surface area contributed by atoms with Gasteiger partial charge in [-0.05, 0) is 38.5 Å². The molecular formula is C14H23N5. The van der Waals surface area contributed by atoms with Gasteiger partial charge in [0.05, 0.1) is 5.69 Å². The summed E-state index contributed by atoms with van der Waals surface area (Å²) in [4.78, 5) is 4.51. The molecule has 1 aliphatic carbocycles. The Hall–Kier alpha value is -1.52. The van der Waals surface area contributed by atoms with Gasteiger partial charge in [-0.25, -0.2) is 4.98 Å². The Kier molecular flexibility index (Phi) is 2.99. The summed E-state index contributed by atoms with van der Waals surface area (Å²) in [5, 5.41) is 4.46. The molecule has 0 aromatic carbocycles. The van der Waals surface area contributed by atoms with Crippen LogP contribution in [0, 0.1) is 12.8 Å². The van der Waals surface area contributed by atoms with Crippen molar-refractivity contribution in [2.75, 3.05) is 5.73 Å². The van der Waals surface area contributed by atoms with Gasteiger partial charge in [-0.2, -0.15) is 5.10 Å². The fourth-order valence-electron chi connectivity index (χ4n) is 3.48. The number of nitrogens with zero attached hydrogens (tertiary/aromatic N) is 4. The first-order chi connectivity index (χ1) is 9.11. The van der Waals surface area contributed by atoms with E-state index >= 15 is 0 Å². The molecule has 5 nitrogen and oxygen atoms in total. The molecule has 0 aliphatic heterocycles. The topological polar surface area (TPSA) is 61.7 Å². The van der Waals surface area contributed by atoms with E-state index in [1.54, 1.807) is 0 Å².